The molecule has 0 bridgehead atoms. The molecule has 1 aliphatic rings. The van der Waals surface area contributed by atoms with Gasteiger partial charge in [0.2, 0.25) is 0 Å². The normalized spacial score (nSPS) is 17.7. The molecular formula is C16H20N6S. The van der Waals surface area contributed by atoms with Crippen LogP contribution < -0.4 is 4.90 Å². The Labute approximate surface area is 140 Å². The fourth-order valence-electron chi connectivity index (χ4n) is 2.96. The van der Waals surface area contributed by atoms with Crippen LogP contribution in [0.25, 0.3) is 0 Å². The Morgan fingerprint density at radius 3 is 2.91 bits per heavy atom. The molecule has 23 heavy (non-hydrogen) atoms. The van der Waals surface area contributed by atoms with Crippen LogP contribution in [0.5, 0.6) is 0 Å². The van der Waals surface area contributed by atoms with E-state index in [0.29, 0.717) is 11.6 Å². The number of nitrogens with zero attached hydrogens (tertiary/aromatic N) is 6. The maximum atomic E-state index is 8.78. The first-order valence-corrected chi connectivity index (χ1v) is 8.58. The molecule has 7 heteroatoms. The van der Waals surface area contributed by atoms with E-state index in [4.69, 9.17) is 5.26 Å². The van der Waals surface area contributed by atoms with Crippen LogP contribution in [0.15, 0.2) is 17.9 Å². The van der Waals surface area contributed by atoms with Crippen molar-refractivity contribution in [2.75, 3.05) is 31.6 Å². The highest BCUT2D eigenvalue weighted by molar-refractivity contribution is 7.09. The van der Waals surface area contributed by atoms with Gasteiger partial charge in [-0.25, -0.2) is 15.0 Å². The smallest absolute Gasteiger partial charge is 0.158 e. The number of rotatable bonds is 5. The van der Waals surface area contributed by atoms with Crippen molar-refractivity contribution in [1.29, 1.82) is 5.26 Å². The SMILES string of the molecule is Cc1ncsc1CN(C)C[C@@H]1CCN(c2cnc(C#N)cn2)C1. The van der Waals surface area contributed by atoms with Crippen molar-refractivity contribution in [2.45, 2.75) is 19.9 Å². The lowest BCUT2D eigenvalue weighted by Gasteiger charge is -2.21. The lowest BCUT2D eigenvalue weighted by atomic mass is 10.1. The second-order valence-corrected chi connectivity index (χ2v) is 6.97. The van der Waals surface area contributed by atoms with Crippen LogP contribution in [0.1, 0.15) is 22.7 Å². The predicted octanol–water partition coefficient (Wildman–Crippen LogP) is 2.07. The third-order valence-corrected chi connectivity index (χ3v) is 5.11. The molecule has 1 fully saturated rings. The van der Waals surface area contributed by atoms with Crippen molar-refractivity contribution in [3.8, 4) is 6.07 Å². The summed E-state index contributed by atoms with van der Waals surface area (Å²) in [5, 5.41) is 8.78. The standard InChI is InChI=1S/C16H20N6S/c1-12-15(23-11-20-12)10-21(2)8-13-3-4-22(9-13)16-7-18-14(5-17)6-19-16/h6-7,11,13H,3-4,8-10H2,1-2H3/t13-/m0/s1. The van der Waals surface area contributed by atoms with Crippen molar-refractivity contribution < 1.29 is 0 Å². The first-order valence-electron chi connectivity index (χ1n) is 7.70. The fraction of sp³-hybridized carbons (Fsp3) is 0.500. The quantitative estimate of drug-likeness (QED) is 0.837. The Kier molecular flexibility index (Phi) is 4.84. The topological polar surface area (TPSA) is 68.9 Å². The summed E-state index contributed by atoms with van der Waals surface area (Å²) in [6.07, 6.45) is 4.40. The number of nitriles is 1. The van der Waals surface area contributed by atoms with E-state index in [1.807, 2.05) is 11.6 Å². The zero-order chi connectivity index (χ0) is 16.2. The monoisotopic (exact) mass is 328 g/mol. The zero-order valence-electron chi connectivity index (χ0n) is 13.4. The molecule has 6 nitrogen and oxygen atoms in total. The van der Waals surface area contributed by atoms with Crippen LogP contribution in [-0.4, -0.2) is 46.5 Å². The van der Waals surface area contributed by atoms with E-state index < -0.39 is 0 Å². The Bertz CT molecular complexity index is 689. The van der Waals surface area contributed by atoms with Gasteiger partial charge in [-0.3, -0.25) is 0 Å². The molecule has 0 radical (unpaired) electrons. The number of thiazole rings is 1. The van der Waals surface area contributed by atoms with Gasteiger partial charge in [0.25, 0.3) is 0 Å². The van der Waals surface area contributed by atoms with Crippen molar-refractivity contribution in [3.63, 3.8) is 0 Å². The number of hydrogen-bond acceptors (Lipinski definition) is 7. The van der Waals surface area contributed by atoms with Gasteiger partial charge in [-0.1, -0.05) is 0 Å². The summed E-state index contributed by atoms with van der Waals surface area (Å²) in [5.41, 5.74) is 3.42. The molecule has 3 heterocycles. The van der Waals surface area contributed by atoms with Gasteiger partial charge in [0.15, 0.2) is 5.69 Å². The molecule has 0 spiro atoms. The molecule has 0 amide bonds. The number of anilines is 1. The summed E-state index contributed by atoms with van der Waals surface area (Å²) in [7, 11) is 2.17. The average Bonchev–Trinajstić information content (AvgIpc) is 3.17. The molecule has 1 atom stereocenters. The minimum Gasteiger partial charge on any atom is -0.355 e. The minimum atomic E-state index is 0.365. The third-order valence-electron chi connectivity index (χ3n) is 4.19. The van der Waals surface area contributed by atoms with Gasteiger partial charge >= 0.3 is 0 Å². The second kappa shape index (κ2) is 7.02. The van der Waals surface area contributed by atoms with E-state index >= 15 is 0 Å². The Hall–Kier alpha value is -2.04. The largest absolute Gasteiger partial charge is 0.355 e. The molecular weight excluding hydrogens is 308 g/mol. The summed E-state index contributed by atoms with van der Waals surface area (Å²) in [5.74, 6) is 1.50. The Balaban J connectivity index is 1.53. The zero-order valence-corrected chi connectivity index (χ0v) is 14.3. The Morgan fingerprint density at radius 1 is 1.39 bits per heavy atom. The third kappa shape index (κ3) is 3.84. The lowest BCUT2D eigenvalue weighted by molar-refractivity contribution is 0.281. The van der Waals surface area contributed by atoms with E-state index in [9.17, 15) is 0 Å². The number of hydrogen-bond donors (Lipinski definition) is 0. The van der Waals surface area contributed by atoms with Crippen LogP contribution in [-0.2, 0) is 6.54 Å². The average molecular weight is 328 g/mol. The van der Waals surface area contributed by atoms with Crippen molar-refractivity contribution in [2.24, 2.45) is 5.92 Å². The molecule has 3 rings (SSSR count). The van der Waals surface area contributed by atoms with Crippen LogP contribution in [0.4, 0.5) is 5.82 Å². The number of aromatic nitrogens is 3. The van der Waals surface area contributed by atoms with Gasteiger partial charge < -0.3 is 9.80 Å². The van der Waals surface area contributed by atoms with E-state index in [-0.39, 0.29) is 0 Å². The molecule has 2 aromatic rings. The summed E-state index contributed by atoms with van der Waals surface area (Å²) < 4.78 is 0. The van der Waals surface area contributed by atoms with Crippen LogP contribution in [0, 0.1) is 24.2 Å². The molecule has 0 unspecified atom stereocenters. The second-order valence-electron chi connectivity index (χ2n) is 6.03. The molecule has 120 valence electrons. The summed E-state index contributed by atoms with van der Waals surface area (Å²) >= 11 is 1.73. The van der Waals surface area contributed by atoms with Gasteiger partial charge in [-0.05, 0) is 26.3 Å². The summed E-state index contributed by atoms with van der Waals surface area (Å²) in [6.45, 7) is 6.09. The van der Waals surface area contributed by atoms with Crippen LogP contribution >= 0.6 is 11.3 Å². The first-order chi connectivity index (χ1) is 11.2. The van der Waals surface area contributed by atoms with Crippen LogP contribution in [0.2, 0.25) is 0 Å². The van der Waals surface area contributed by atoms with Gasteiger partial charge in [0.1, 0.15) is 11.9 Å². The van der Waals surface area contributed by atoms with Crippen molar-refractivity contribution in [1.82, 2.24) is 19.9 Å². The van der Waals surface area contributed by atoms with Crippen molar-refractivity contribution >= 4 is 17.2 Å². The molecule has 0 N–H and O–H groups in total. The first kappa shape index (κ1) is 15.8. The van der Waals surface area contributed by atoms with E-state index in [1.54, 1.807) is 23.7 Å². The van der Waals surface area contributed by atoms with Crippen LogP contribution in [0.3, 0.4) is 0 Å². The maximum Gasteiger partial charge on any atom is 0.158 e. The molecule has 2 aromatic heterocycles. The van der Waals surface area contributed by atoms with Gasteiger partial charge in [-0.2, -0.15) is 5.26 Å². The number of aryl methyl sites for hydroxylation is 1. The maximum absolute atomic E-state index is 8.78. The fourth-order valence-corrected chi connectivity index (χ4v) is 3.82. The minimum absolute atomic E-state index is 0.365. The molecule has 0 saturated carbocycles. The Morgan fingerprint density at radius 2 is 2.26 bits per heavy atom. The lowest BCUT2D eigenvalue weighted by Crippen LogP contribution is -2.28. The highest BCUT2D eigenvalue weighted by Crippen LogP contribution is 2.23. The van der Waals surface area contributed by atoms with E-state index in [1.165, 1.54) is 4.88 Å². The highest BCUT2D eigenvalue weighted by atomic mass is 32.1. The van der Waals surface area contributed by atoms with E-state index in [2.05, 4.69) is 38.7 Å². The molecule has 1 saturated heterocycles. The summed E-state index contributed by atoms with van der Waals surface area (Å²) in [4.78, 5) is 18.7. The molecule has 0 aromatic carbocycles. The summed E-state index contributed by atoms with van der Waals surface area (Å²) in [6, 6.07) is 2.00. The molecule has 0 aliphatic carbocycles. The predicted molar refractivity (Wildman–Crippen MR) is 90.3 cm³/mol. The van der Waals surface area contributed by atoms with Gasteiger partial charge in [-0.15, -0.1) is 11.3 Å². The van der Waals surface area contributed by atoms with E-state index in [0.717, 1.165) is 44.1 Å². The molecule has 1 aliphatic heterocycles. The highest BCUT2D eigenvalue weighted by Gasteiger charge is 2.25. The van der Waals surface area contributed by atoms with Crippen molar-refractivity contribution in [3.05, 3.63) is 34.2 Å². The van der Waals surface area contributed by atoms with Gasteiger partial charge in [0, 0.05) is 31.1 Å². The van der Waals surface area contributed by atoms with Gasteiger partial charge in [0.05, 0.1) is 23.6 Å².